The third-order valence-corrected chi connectivity index (χ3v) is 8.11. The summed E-state index contributed by atoms with van der Waals surface area (Å²) < 4.78 is 35.1. The van der Waals surface area contributed by atoms with Gasteiger partial charge in [-0.1, -0.05) is 36.4 Å². The number of benzene rings is 2. The maximum atomic E-state index is 14.0. The molecule has 0 bridgehead atoms. The van der Waals surface area contributed by atoms with Gasteiger partial charge in [0.05, 0.1) is 24.2 Å². The number of H-pyrrole nitrogens is 1. The first-order valence-electron chi connectivity index (χ1n) is 11.4. The van der Waals surface area contributed by atoms with Gasteiger partial charge in [-0.25, -0.2) is 8.42 Å². The number of pyridine rings is 1. The maximum Gasteiger partial charge on any atom is 0.248 e. The highest BCUT2D eigenvalue weighted by molar-refractivity contribution is 7.89. The van der Waals surface area contributed by atoms with E-state index in [0.717, 1.165) is 4.88 Å². The van der Waals surface area contributed by atoms with E-state index in [4.69, 9.17) is 4.42 Å². The van der Waals surface area contributed by atoms with E-state index >= 15 is 0 Å². The summed E-state index contributed by atoms with van der Waals surface area (Å²) >= 11 is 1.51. The van der Waals surface area contributed by atoms with Gasteiger partial charge < -0.3 is 14.3 Å². The first kappa shape index (κ1) is 24.7. The monoisotopic (exact) mass is 533 g/mol. The number of hydrogen-bond acceptors (Lipinski definition) is 6. The van der Waals surface area contributed by atoms with Gasteiger partial charge in [0.1, 0.15) is 11.8 Å². The zero-order chi connectivity index (χ0) is 25.8. The fourth-order valence-electron chi connectivity index (χ4n) is 4.00. The number of carbonyl (C=O) groups is 1. The van der Waals surface area contributed by atoms with Gasteiger partial charge in [0, 0.05) is 16.5 Å². The minimum absolute atomic E-state index is 0.0170. The van der Waals surface area contributed by atoms with Crippen LogP contribution in [0.4, 0.5) is 0 Å². The molecule has 188 valence electrons. The molecule has 0 radical (unpaired) electrons. The highest BCUT2D eigenvalue weighted by Gasteiger charge is 2.31. The lowest BCUT2D eigenvalue weighted by Crippen LogP contribution is -2.42. The fraction of sp³-hybridized carbons (Fsp3) is 0.111. The summed E-state index contributed by atoms with van der Waals surface area (Å²) in [6.45, 7) is 0.476. The van der Waals surface area contributed by atoms with Crippen molar-refractivity contribution in [2.45, 2.75) is 24.0 Å². The predicted molar refractivity (Wildman–Crippen MR) is 141 cm³/mol. The Balaban J connectivity index is 1.50. The number of nitrogens with one attached hydrogen (secondary N) is 2. The average Bonchev–Trinajstić information content (AvgIpc) is 3.61. The molecule has 0 aliphatic heterocycles. The summed E-state index contributed by atoms with van der Waals surface area (Å²) in [4.78, 5) is 30.8. The lowest BCUT2D eigenvalue weighted by molar-refractivity contribution is -0.134. The summed E-state index contributed by atoms with van der Waals surface area (Å²) in [5.74, 6) is 0.174. The lowest BCUT2D eigenvalue weighted by Gasteiger charge is -2.27. The molecular weight excluding hydrogens is 510 g/mol. The summed E-state index contributed by atoms with van der Waals surface area (Å²) in [5, 5.41) is 2.48. The Bertz CT molecular complexity index is 1630. The Hall–Kier alpha value is -3.99. The molecule has 2 N–H and O–H groups in total. The number of thiophene rings is 1. The van der Waals surface area contributed by atoms with Crippen LogP contribution < -0.4 is 10.3 Å². The zero-order valence-corrected chi connectivity index (χ0v) is 21.2. The number of hydrogen-bond donors (Lipinski definition) is 2. The minimum Gasteiger partial charge on any atom is -0.467 e. The molecule has 2 aromatic carbocycles. The van der Waals surface area contributed by atoms with Gasteiger partial charge in [-0.2, -0.15) is 4.72 Å². The molecule has 3 aromatic heterocycles. The fourth-order valence-corrected chi connectivity index (χ4v) is 5.94. The number of fused-ring (bicyclic) bond motifs is 1. The van der Waals surface area contributed by atoms with E-state index < -0.39 is 22.0 Å². The quantitative estimate of drug-likeness (QED) is 0.291. The van der Waals surface area contributed by atoms with Crippen LogP contribution >= 0.6 is 11.3 Å². The number of furan rings is 1. The minimum atomic E-state index is -4.12. The highest BCUT2D eigenvalue weighted by atomic mass is 32.2. The van der Waals surface area contributed by atoms with Crippen LogP contribution in [0.15, 0.2) is 111 Å². The number of carbonyl (C=O) groups excluding carboxylic acids is 1. The normalized spacial score (nSPS) is 12.4. The van der Waals surface area contributed by atoms with Crippen molar-refractivity contribution in [1.82, 2.24) is 14.6 Å². The van der Waals surface area contributed by atoms with Crippen molar-refractivity contribution in [3.8, 4) is 0 Å². The van der Waals surface area contributed by atoms with Crippen LogP contribution in [0.1, 0.15) is 22.2 Å². The molecule has 10 heteroatoms. The van der Waals surface area contributed by atoms with Crippen molar-refractivity contribution in [1.29, 1.82) is 0 Å². The van der Waals surface area contributed by atoms with Gasteiger partial charge in [0.15, 0.2) is 0 Å². The molecule has 8 nitrogen and oxygen atoms in total. The molecule has 37 heavy (non-hydrogen) atoms. The van der Waals surface area contributed by atoms with Gasteiger partial charge in [-0.3, -0.25) is 9.59 Å². The van der Waals surface area contributed by atoms with Crippen LogP contribution in [0.25, 0.3) is 10.9 Å². The molecule has 0 saturated carbocycles. The van der Waals surface area contributed by atoms with Crippen molar-refractivity contribution in [3.63, 3.8) is 0 Å². The molecule has 0 spiro atoms. The Morgan fingerprint density at radius 1 is 0.973 bits per heavy atom. The molecule has 1 atom stereocenters. The van der Waals surface area contributed by atoms with E-state index in [-0.39, 0.29) is 17.0 Å². The van der Waals surface area contributed by atoms with Crippen LogP contribution in [0.2, 0.25) is 0 Å². The van der Waals surface area contributed by atoms with Crippen molar-refractivity contribution < 1.29 is 17.6 Å². The van der Waals surface area contributed by atoms with Crippen LogP contribution in [0, 0.1) is 0 Å². The molecule has 5 aromatic rings. The van der Waals surface area contributed by atoms with Crippen molar-refractivity contribution >= 4 is 38.2 Å². The number of rotatable bonds is 9. The number of nitrogens with zero attached hydrogens (tertiary/aromatic N) is 1. The summed E-state index contributed by atoms with van der Waals surface area (Å²) in [5.41, 5.74) is 0.748. The molecule has 3 heterocycles. The first-order valence-corrected chi connectivity index (χ1v) is 13.8. The maximum absolute atomic E-state index is 14.0. The van der Waals surface area contributed by atoms with E-state index in [1.54, 1.807) is 53.4 Å². The van der Waals surface area contributed by atoms with Crippen LogP contribution in [0.5, 0.6) is 0 Å². The van der Waals surface area contributed by atoms with Crippen LogP contribution in [-0.2, 0) is 27.9 Å². The van der Waals surface area contributed by atoms with E-state index in [1.807, 2.05) is 17.5 Å². The third-order valence-electron chi connectivity index (χ3n) is 5.82. The Kier molecular flexibility index (Phi) is 7.04. The number of aromatic nitrogens is 1. The number of amides is 1. The smallest absolute Gasteiger partial charge is 0.248 e. The SMILES string of the molecule is O=C([C@@H](NS(=O)(=O)c1ccc2[nH]c(=O)ccc2c1)c1ccccc1)N(Cc1ccco1)Cc1cccs1. The van der Waals surface area contributed by atoms with E-state index in [9.17, 15) is 18.0 Å². The Morgan fingerprint density at radius 3 is 2.54 bits per heavy atom. The molecular formula is C27H23N3O5S2. The Morgan fingerprint density at radius 2 is 1.81 bits per heavy atom. The first-order chi connectivity index (χ1) is 17.9. The van der Waals surface area contributed by atoms with Crippen molar-refractivity contribution in [3.05, 3.63) is 123 Å². The molecule has 0 aliphatic rings. The van der Waals surface area contributed by atoms with Crippen LogP contribution in [-0.4, -0.2) is 24.2 Å². The van der Waals surface area contributed by atoms with Gasteiger partial charge in [0.2, 0.25) is 21.5 Å². The van der Waals surface area contributed by atoms with E-state index in [0.29, 0.717) is 28.8 Å². The lowest BCUT2D eigenvalue weighted by atomic mass is 10.1. The van der Waals surface area contributed by atoms with Gasteiger partial charge in [-0.05, 0) is 58.8 Å². The average molecular weight is 534 g/mol. The van der Waals surface area contributed by atoms with E-state index in [2.05, 4.69) is 9.71 Å². The van der Waals surface area contributed by atoms with Gasteiger partial charge in [-0.15, -0.1) is 11.3 Å². The zero-order valence-electron chi connectivity index (χ0n) is 19.5. The van der Waals surface area contributed by atoms with Crippen LogP contribution in [0.3, 0.4) is 0 Å². The summed E-state index contributed by atoms with van der Waals surface area (Å²) in [6, 6.07) is 22.2. The standard InChI is InChI=1S/C27H23N3O5S2/c31-25-13-10-20-16-23(11-12-24(20)28-25)37(33,34)29-26(19-6-2-1-3-7-19)27(32)30(17-21-8-4-14-35-21)18-22-9-5-15-36-22/h1-16,26,29H,17-18H2,(H,28,31)/t26-/m0/s1. The second-order valence-corrected chi connectivity index (χ2v) is 11.1. The highest BCUT2D eigenvalue weighted by Crippen LogP contribution is 2.24. The molecule has 0 fully saturated rings. The summed E-state index contributed by atoms with van der Waals surface area (Å²) in [7, 11) is -4.12. The largest absolute Gasteiger partial charge is 0.467 e. The van der Waals surface area contributed by atoms with Crippen molar-refractivity contribution in [2.24, 2.45) is 0 Å². The topological polar surface area (TPSA) is 112 Å². The van der Waals surface area contributed by atoms with Gasteiger partial charge >= 0.3 is 0 Å². The van der Waals surface area contributed by atoms with Crippen molar-refractivity contribution in [2.75, 3.05) is 0 Å². The molecule has 0 unspecified atom stereocenters. The summed E-state index contributed by atoms with van der Waals surface area (Å²) in [6.07, 6.45) is 1.54. The second kappa shape index (κ2) is 10.6. The second-order valence-electron chi connectivity index (χ2n) is 8.39. The van der Waals surface area contributed by atoms with Gasteiger partial charge in [0.25, 0.3) is 0 Å². The molecule has 5 rings (SSSR count). The molecule has 0 saturated heterocycles. The Labute approximate surface area is 217 Å². The number of aromatic amines is 1. The molecule has 0 aliphatic carbocycles. The third kappa shape index (κ3) is 5.72. The predicted octanol–water partition coefficient (Wildman–Crippen LogP) is 4.43. The van der Waals surface area contributed by atoms with E-state index in [1.165, 1.54) is 41.9 Å². The number of sulfonamides is 1. The molecule has 1 amide bonds.